The van der Waals surface area contributed by atoms with Gasteiger partial charge in [0.1, 0.15) is 0 Å². The van der Waals surface area contributed by atoms with Crippen LogP contribution in [0.25, 0.3) is 6.08 Å². The molecule has 0 spiro atoms. The highest BCUT2D eigenvalue weighted by atomic mass is 79.9. The Morgan fingerprint density at radius 2 is 2.00 bits per heavy atom. The van der Waals surface area contributed by atoms with Gasteiger partial charge in [-0.05, 0) is 23.8 Å². The first-order valence-corrected chi connectivity index (χ1v) is 4.88. The van der Waals surface area contributed by atoms with Crippen LogP contribution in [-0.4, -0.2) is 11.1 Å². The van der Waals surface area contributed by atoms with Crippen LogP contribution in [0.5, 0.6) is 0 Å². The fourth-order valence-corrected chi connectivity index (χ4v) is 1.50. The molecule has 0 heterocycles. The molecule has 1 aromatic carbocycles. The second kappa shape index (κ2) is 4.69. The topological polar surface area (TPSA) is 37.3 Å². The van der Waals surface area contributed by atoms with Crippen LogP contribution in [-0.2, 0) is 11.0 Å². The molecule has 0 unspecified atom stereocenters. The Morgan fingerprint density at radius 3 is 2.50 bits per heavy atom. The Balaban J connectivity index is 3.13. The third-order valence-electron chi connectivity index (χ3n) is 1.71. The van der Waals surface area contributed by atoms with Gasteiger partial charge in [-0.2, -0.15) is 13.2 Å². The molecule has 0 amide bonds. The molecule has 0 fully saturated rings. The Morgan fingerprint density at radius 1 is 1.38 bits per heavy atom. The molecule has 0 aromatic heterocycles. The monoisotopic (exact) mass is 294 g/mol. The first kappa shape index (κ1) is 12.8. The molecule has 2 nitrogen and oxygen atoms in total. The smallest absolute Gasteiger partial charge is 0.417 e. The van der Waals surface area contributed by atoms with Gasteiger partial charge in [0.05, 0.1) is 5.56 Å². The molecular formula is C10H6BrF3O2. The highest BCUT2D eigenvalue weighted by Gasteiger charge is 2.32. The number of hydrogen-bond donors (Lipinski definition) is 1. The predicted molar refractivity (Wildman–Crippen MR) is 55.8 cm³/mol. The lowest BCUT2D eigenvalue weighted by Gasteiger charge is -2.09. The van der Waals surface area contributed by atoms with Crippen molar-refractivity contribution < 1.29 is 23.1 Å². The lowest BCUT2D eigenvalue weighted by molar-refractivity contribution is -0.138. The van der Waals surface area contributed by atoms with E-state index in [1.54, 1.807) is 0 Å². The van der Waals surface area contributed by atoms with Gasteiger partial charge in [0, 0.05) is 10.5 Å². The molecule has 0 saturated carbocycles. The average molecular weight is 295 g/mol. The molecular weight excluding hydrogens is 289 g/mol. The highest BCUT2D eigenvalue weighted by Crippen LogP contribution is 2.35. The Bertz CT molecular complexity index is 438. The summed E-state index contributed by atoms with van der Waals surface area (Å²) in [6.45, 7) is 0. The molecule has 0 radical (unpaired) electrons. The van der Waals surface area contributed by atoms with Crippen LogP contribution in [0.4, 0.5) is 13.2 Å². The van der Waals surface area contributed by atoms with Gasteiger partial charge in [0.25, 0.3) is 0 Å². The van der Waals surface area contributed by atoms with E-state index in [0.717, 1.165) is 18.2 Å². The maximum Gasteiger partial charge on any atom is 0.417 e. The normalized spacial score (nSPS) is 12.0. The molecule has 16 heavy (non-hydrogen) atoms. The van der Waals surface area contributed by atoms with Gasteiger partial charge in [-0.15, -0.1) is 0 Å². The number of carbonyl (C=O) groups is 1. The molecule has 6 heteroatoms. The summed E-state index contributed by atoms with van der Waals surface area (Å²) in [5, 5.41) is 8.34. The molecule has 0 bridgehead atoms. The van der Waals surface area contributed by atoms with Gasteiger partial charge in [-0.1, -0.05) is 22.0 Å². The number of halogens is 4. The summed E-state index contributed by atoms with van der Waals surface area (Å²) in [5.74, 6) is -1.21. The van der Waals surface area contributed by atoms with Crippen molar-refractivity contribution in [2.75, 3.05) is 0 Å². The number of benzene rings is 1. The zero-order chi connectivity index (χ0) is 12.3. The molecule has 0 saturated heterocycles. The van der Waals surface area contributed by atoms with Gasteiger partial charge in [-0.25, -0.2) is 4.79 Å². The van der Waals surface area contributed by atoms with Gasteiger partial charge >= 0.3 is 12.1 Å². The SMILES string of the molecule is O=C(O)C=Cc1ccc(Br)c(C(F)(F)F)c1. The largest absolute Gasteiger partial charge is 0.478 e. The quantitative estimate of drug-likeness (QED) is 0.847. The second-order valence-electron chi connectivity index (χ2n) is 2.91. The average Bonchev–Trinajstić information content (AvgIpc) is 2.14. The van der Waals surface area contributed by atoms with Crippen molar-refractivity contribution >= 4 is 28.0 Å². The standard InChI is InChI=1S/C10H6BrF3O2/c11-8-3-1-6(2-4-9(15)16)5-7(8)10(12,13)14/h1-5H,(H,15,16). The molecule has 0 aliphatic carbocycles. The minimum absolute atomic E-state index is 0.0764. The fraction of sp³-hybridized carbons (Fsp3) is 0.100. The van der Waals surface area contributed by atoms with Crippen LogP contribution in [0.3, 0.4) is 0 Å². The van der Waals surface area contributed by atoms with Crippen molar-refractivity contribution in [1.82, 2.24) is 0 Å². The summed E-state index contributed by atoms with van der Waals surface area (Å²) in [4.78, 5) is 10.2. The lowest BCUT2D eigenvalue weighted by Crippen LogP contribution is -2.06. The number of alkyl halides is 3. The van der Waals surface area contributed by atoms with E-state index in [1.165, 1.54) is 12.1 Å². The maximum atomic E-state index is 12.5. The molecule has 1 N–H and O–H groups in total. The number of carboxylic acids is 1. The summed E-state index contributed by atoms with van der Waals surface area (Å²) in [5.41, 5.74) is -0.655. The Labute approximate surface area is 97.5 Å². The van der Waals surface area contributed by atoms with Crippen molar-refractivity contribution in [2.45, 2.75) is 6.18 Å². The van der Waals surface area contributed by atoms with Crippen molar-refractivity contribution in [3.8, 4) is 0 Å². The summed E-state index contributed by atoms with van der Waals surface area (Å²) in [6.07, 6.45) is -2.58. The summed E-state index contributed by atoms with van der Waals surface area (Å²) >= 11 is 2.79. The van der Waals surface area contributed by atoms with Gasteiger partial charge in [0.2, 0.25) is 0 Å². The second-order valence-corrected chi connectivity index (χ2v) is 3.76. The first-order chi connectivity index (χ1) is 7.30. The third-order valence-corrected chi connectivity index (χ3v) is 2.41. The fourth-order valence-electron chi connectivity index (χ4n) is 1.03. The van der Waals surface area contributed by atoms with Gasteiger partial charge in [0.15, 0.2) is 0 Å². The van der Waals surface area contributed by atoms with E-state index >= 15 is 0 Å². The minimum atomic E-state index is -4.47. The van der Waals surface area contributed by atoms with Crippen LogP contribution in [0.2, 0.25) is 0 Å². The zero-order valence-corrected chi connectivity index (χ0v) is 9.34. The highest BCUT2D eigenvalue weighted by molar-refractivity contribution is 9.10. The third kappa shape index (κ3) is 3.37. The summed E-state index contributed by atoms with van der Waals surface area (Å²) < 4.78 is 37.3. The summed E-state index contributed by atoms with van der Waals surface area (Å²) in [7, 11) is 0. The molecule has 86 valence electrons. The van der Waals surface area contributed by atoms with Crippen LogP contribution in [0.1, 0.15) is 11.1 Å². The molecule has 1 rings (SSSR count). The van der Waals surface area contributed by atoms with E-state index in [-0.39, 0.29) is 10.0 Å². The number of rotatable bonds is 2. The van der Waals surface area contributed by atoms with E-state index in [1.807, 2.05) is 0 Å². The first-order valence-electron chi connectivity index (χ1n) is 4.08. The van der Waals surface area contributed by atoms with Crippen molar-refractivity contribution in [3.05, 3.63) is 39.9 Å². The van der Waals surface area contributed by atoms with Gasteiger partial charge < -0.3 is 5.11 Å². The molecule has 1 aromatic rings. The van der Waals surface area contributed by atoms with E-state index < -0.39 is 17.7 Å². The van der Waals surface area contributed by atoms with E-state index in [9.17, 15) is 18.0 Å². The molecule has 0 aliphatic heterocycles. The Kier molecular flexibility index (Phi) is 3.74. The minimum Gasteiger partial charge on any atom is -0.478 e. The number of carboxylic acid groups (broad SMARTS) is 1. The number of aliphatic carboxylic acids is 1. The Hall–Kier alpha value is -1.30. The van der Waals surface area contributed by atoms with Gasteiger partial charge in [-0.3, -0.25) is 0 Å². The summed E-state index contributed by atoms with van der Waals surface area (Å²) in [6, 6.07) is 3.49. The van der Waals surface area contributed by atoms with Crippen molar-refractivity contribution in [2.24, 2.45) is 0 Å². The zero-order valence-electron chi connectivity index (χ0n) is 7.75. The molecule has 0 atom stereocenters. The van der Waals surface area contributed by atoms with E-state index in [2.05, 4.69) is 15.9 Å². The van der Waals surface area contributed by atoms with Crippen molar-refractivity contribution in [1.29, 1.82) is 0 Å². The van der Waals surface area contributed by atoms with E-state index in [4.69, 9.17) is 5.11 Å². The van der Waals surface area contributed by atoms with E-state index in [0.29, 0.717) is 0 Å². The predicted octanol–water partition coefficient (Wildman–Crippen LogP) is 3.57. The lowest BCUT2D eigenvalue weighted by atomic mass is 10.1. The molecule has 0 aliphatic rings. The van der Waals surface area contributed by atoms with Crippen LogP contribution in [0, 0.1) is 0 Å². The van der Waals surface area contributed by atoms with Crippen molar-refractivity contribution in [3.63, 3.8) is 0 Å². The van der Waals surface area contributed by atoms with Crippen LogP contribution in [0.15, 0.2) is 28.7 Å². The maximum absolute atomic E-state index is 12.5. The van der Waals surface area contributed by atoms with Crippen LogP contribution >= 0.6 is 15.9 Å². The van der Waals surface area contributed by atoms with Crippen LogP contribution < -0.4 is 0 Å². The number of hydrogen-bond acceptors (Lipinski definition) is 1.